The van der Waals surface area contributed by atoms with Crippen molar-refractivity contribution in [2.45, 2.75) is 44.1 Å². The number of piperidine rings is 1. The van der Waals surface area contributed by atoms with Crippen LogP contribution in [0.15, 0.2) is 0 Å². The molecule has 0 spiro atoms. The molecule has 2 N–H and O–H groups in total. The number of carbonyl (C=O) groups excluding carboxylic acids is 2. The van der Waals surface area contributed by atoms with E-state index in [0.717, 1.165) is 12.8 Å². The Bertz CT molecular complexity index is 399. The van der Waals surface area contributed by atoms with Crippen molar-refractivity contribution in [3.05, 3.63) is 0 Å². The molecule has 0 aromatic heterocycles. The summed E-state index contributed by atoms with van der Waals surface area (Å²) in [6.45, 7) is 1.03. The van der Waals surface area contributed by atoms with Gasteiger partial charge in [-0.15, -0.1) is 0 Å². The lowest BCUT2D eigenvalue weighted by Gasteiger charge is -2.42. The summed E-state index contributed by atoms with van der Waals surface area (Å²) in [5.41, 5.74) is -0.510. The van der Waals surface area contributed by atoms with Gasteiger partial charge in [0, 0.05) is 40.1 Å². The number of likely N-dealkylation sites (tertiary alicyclic amines) is 1. The number of hydrogen-bond donors (Lipinski definition) is 2. The molecule has 0 bridgehead atoms. The lowest BCUT2D eigenvalue weighted by molar-refractivity contribution is -0.145. The first-order valence-corrected chi connectivity index (χ1v) is 7.18. The third kappa shape index (κ3) is 5.34. The van der Waals surface area contributed by atoms with Crippen LogP contribution >= 0.6 is 0 Å². The highest BCUT2D eigenvalue weighted by Crippen LogP contribution is 2.29. The second kappa shape index (κ2) is 7.97. The lowest BCUT2D eigenvalue weighted by atomic mass is 9.87. The van der Waals surface area contributed by atoms with Crippen LogP contribution in [0.25, 0.3) is 0 Å². The van der Waals surface area contributed by atoms with Gasteiger partial charge in [0.15, 0.2) is 0 Å². The van der Waals surface area contributed by atoms with E-state index < -0.39 is 11.6 Å². The first-order valence-electron chi connectivity index (χ1n) is 7.18. The summed E-state index contributed by atoms with van der Waals surface area (Å²) in [4.78, 5) is 35.6. The molecule has 2 amide bonds. The lowest BCUT2D eigenvalue weighted by Crippen LogP contribution is -2.51. The smallest absolute Gasteiger partial charge is 0.303 e. The van der Waals surface area contributed by atoms with Crippen LogP contribution in [0.1, 0.15) is 38.5 Å². The second-order valence-electron chi connectivity index (χ2n) is 5.37. The third-order valence-corrected chi connectivity index (χ3v) is 3.96. The van der Waals surface area contributed by atoms with Crippen LogP contribution in [-0.4, -0.2) is 60.6 Å². The Morgan fingerprint density at radius 1 is 1.29 bits per heavy atom. The molecule has 0 aliphatic carbocycles. The summed E-state index contributed by atoms with van der Waals surface area (Å²) in [5.74, 6) is -1.20. The molecular weight excluding hydrogens is 276 g/mol. The van der Waals surface area contributed by atoms with Crippen molar-refractivity contribution in [3.63, 3.8) is 0 Å². The molecule has 7 nitrogen and oxygen atoms in total. The molecule has 0 aromatic rings. The average Bonchev–Trinajstić information content (AvgIpc) is 2.50. The fourth-order valence-corrected chi connectivity index (χ4v) is 2.62. The number of methoxy groups -OCH3 is 1. The molecule has 1 heterocycles. The van der Waals surface area contributed by atoms with Crippen LogP contribution in [0, 0.1) is 0 Å². The van der Waals surface area contributed by atoms with Crippen molar-refractivity contribution in [1.29, 1.82) is 0 Å². The van der Waals surface area contributed by atoms with Gasteiger partial charge in [0.2, 0.25) is 11.8 Å². The van der Waals surface area contributed by atoms with E-state index in [2.05, 4.69) is 5.32 Å². The van der Waals surface area contributed by atoms with E-state index in [4.69, 9.17) is 9.84 Å². The van der Waals surface area contributed by atoms with Gasteiger partial charge in [-0.2, -0.15) is 0 Å². The number of aliphatic carboxylic acids is 1. The third-order valence-electron chi connectivity index (χ3n) is 3.96. The number of carbonyl (C=O) groups is 3. The number of carboxylic acids is 1. The molecule has 1 unspecified atom stereocenters. The number of hydrogen-bond acceptors (Lipinski definition) is 4. The zero-order chi connectivity index (χ0) is 15.9. The first-order chi connectivity index (χ1) is 9.92. The SMILES string of the molecule is CNC(=O)CCC1(OC)CCCN(C(=O)CCC(=O)O)C1. The summed E-state index contributed by atoms with van der Waals surface area (Å²) in [6.07, 6.45) is 2.33. The summed E-state index contributed by atoms with van der Waals surface area (Å²) < 4.78 is 5.59. The van der Waals surface area contributed by atoms with Gasteiger partial charge in [-0.1, -0.05) is 0 Å². The molecule has 0 saturated carbocycles. The zero-order valence-corrected chi connectivity index (χ0v) is 12.7. The van der Waals surface area contributed by atoms with Crippen molar-refractivity contribution in [1.82, 2.24) is 10.2 Å². The van der Waals surface area contributed by atoms with Crippen LogP contribution < -0.4 is 5.32 Å². The van der Waals surface area contributed by atoms with E-state index in [1.807, 2.05) is 0 Å². The molecule has 7 heteroatoms. The van der Waals surface area contributed by atoms with Gasteiger partial charge in [0.1, 0.15) is 0 Å². The number of ether oxygens (including phenoxy) is 1. The Morgan fingerprint density at radius 2 is 2.00 bits per heavy atom. The van der Waals surface area contributed by atoms with Crippen LogP contribution in [0.2, 0.25) is 0 Å². The Morgan fingerprint density at radius 3 is 2.57 bits per heavy atom. The van der Waals surface area contributed by atoms with Gasteiger partial charge in [-0.05, 0) is 19.3 Å². The highest BCUT2D eigenvalue weighted by atomic mass is 16.5. The second-order valence-corrected chi connectivity index (χ2v) is 5.37. The summed E-state index contributed by atoms with van der Waals surface area (Å²) >= 11 is 0. The molecule has 1 saturated heterocycles. The minimum absolute atomic E-state index is 0.00454. The first kappa shape index (κ1) is 17.4. The summed E-state index contributed by atoms with van der Waals surface area (Å²) in [6, 6.07) is 0. The standard InChI is InChI=1S/C14H24N2O5/c1-15-11(17)6-8-14(21-2)7-3-9-16(10-14)12(18)4-5-13(19)20/h3-10H2,1-2H3,(H,15,17)(H,19,20). The number of amides is 2. The monoisotopic (exact) mass is 300 g/mol. The Balaban J connectivity index is 2.60. The fraction of sp³-hybridized carbons (Fsp3) is 0.786. The Kier molecular flexibility index (Phi) is 6.61. The topological polar surface area (TPSA) is 95.9 Å². The van der Waals surface area contributed by atoms with Crippen molar-refractivity contribution >= 4 is 17.8 Å². The molecule has 1 aliphatic rings. The van der Waals surface area contributed by atoms with E-state index in [1.165, 1.54) is 0 Å². The Hall–Kier alpha value is -1.63. The molecule has 1 aliphatic heterocycles. The van der Waals surface area contributed by atoms with Gasteiger partial charge in [-0.25, -0.2) is 0 Å². The molecule has 1 rings (SSSR count). The molecule has 0 aromatic carbocycles. The van der Waals surface area contributed by atoms with Gasteiger partial charge in [0.25, 0.3) is 0 Å². The number of nitrogens with one attached hydrogen (secondary N) is 1. The van der Waals surface area contributed by atoms with Crippen molar-refractivity contribution in [2.75, 3.05) is 27.2 Å². The van der Waals surface area contributed by atoms with Gasteiger partial charge >= 0.3 is 5.97 Å². The zero-order valence-electron chi connectivity index (χ0n) is 12.7. The van der Waals surface area contributed by atoms with E-state index >= 15 is 0 Å². The maximum Gasteiger partial charge on any atom is 0.303 e. The van der Waals surface area contributed by atoms with Gasteiger partial charge < -0.3 is 20.1 Å². The molecular formula is C14H24N2O5. The molecule has 21 heavy (non-hydrogen) atoms. The summed E-state index contributed by atoms with van der Waals surface area (Å²) in [7, 11) is 3.18. The quantitative estimate of drug-likeness (QED) is 0.709. The minimum atomic E-state index is -0.974. The minimum Gasteiger partial charge on any atom is -0.481 e. The average molecular weight is 300 g/mol. The molecule has 1 atom stereocenters. The molecule has 120 valence electrons. The van der Waals surface area contributed by atoms with Gasteiger partial charge in [-0.3, -0.25) is 14.4 Å². The van der Waals surface area contributed by atoms with Crippen molar-refractivity contribution < 1.29 is 24.2 Å². The largest absolute Gasteiger partial charge is 0.481 e. The fourth-order valence-electron chi connectivity index (χ4n) is 2.62. The maximum absolute atomic E-state index is 12.0. The number of nitrogens with zero attached hydrogens (tertiary/aromatic N) is 1. The number of carboxylic acid groups (broad SMARTS) is 1. The highest BCUT2D eigenvalue weighted by Gasteiger charge is 2.37. The molecule has 1 fully saturated rings. The van der Waals surface area contributed by atoms with Crippen LogP contribution in [0.5, 0.6) is 0 Å². The van der Waals surface area contributed by atoms with E-state index in [0.29, 0.717) is 25.9 Å². The van der Waals surface area contributed by atoms with E-state index in [9.17, 15) is 14.4 Å². The predicted molar refractivity (Wildman–Crippen MR) is 75.7 cm³/mol. The van der Waals surface area contributed by atoms with E-state index in [1.54, 1.807) is 19.1 Å². The van der Waals surface area contributed by atoms with Crippen molar-refractivity contribution in [3.8, 4) is 0 Å². The van der Waals surface area contributed by atoms with Gasteiger partial charge in [0.05, 0.1) is 12.0 Å². The summed E-state index contributed by atoms with van der Waals surface area (Å²) in [5, 5.41) is 11.2. The predicted octanol–water partition coefficient (Wildman–Crippen LogP) is 0.385. The normalized spacial score (nSPS) is 21.9. The van der Waals surface area contributed by atoms with Crippen molar-refractivity contribution in [2.24, 2.45) is 0 Å². The molecule has 0 radical (unpaired) electrons. The van der Waals surface area contributed by atoms with Crippen LogP contribution in [-0.2, 0) is 19.1 Å². The van der Waals surface area contributed by atoms with E-state index in [-0.39, 0.29) is 24.7 Å². The van der Waals surface area contributed by atoms with Crippen LogP contribution in [0.3, 0.4) is 0 Å². The van der Waals surface area contributed by atoms with Crippen LogP contribution in [0.4, 0.5) is 0 Å². The maximum atomic E-state index is 12.0. The highest BCUT2D eigenvalue weighted by molar-refractivity contribution is 5.81. The Labute approximate surface area is 124 Å². The number of rotatable bonds is 7.